The number of halogens is 2. The molecule has 0 heterocycles. The van der Waals surface area contributed by atoms with E-state index in [-0.39, 0.29) is 48.0 Å². The van der Waals surface area contributed by atoms with E-state index in [1.807, 2.05) is 12.2 Å². The second-order valence-electron chi connectivity index (χ2n) is 1.23. The molecular weight excluding hydrogens is 426 g/mol. The van der Waals surface area contributed by atoms with Gasteiger partial charge in [-0.3, -0.25) is 9.59 Å². The maximum atomic E-state index is 7.50. The van der Waals surface area contributed by atoms with E-state index >= 15 is 0 Å². The second kappa shape index (κ2) is 22.6. The fourth-order valence-electron chi connectivity index (χ4n) is 0.416. The Morgan fingerprint density at radius 3 is 1.67 bits per heavy atom. The van der Waals surface area contributed by atoms with Gasteiger partial charge in [0.1, 0.15) is 0 Å². The smallest absolute Gasteiger partial charge is 1.00 e. The molecule has 67 valence electrons. The monoisotopic (exact) mass is 431 g/mol. The molecule has 1 aliphatic rings. The summed E-state index contributed by atoms with van der Waals surface area (Å²) in [7, 11) is 0. The summed E-state index contributed by atoms with van der Waals surface area (Å²) in [6.45, 7) is 9.00. The van der Waals surface area contributed by atoms with Crippen LogP contribution in [-0.2, 0) is 25.6 Å². The van der Waals surface area contributed by atoms with E-state index in [1.54, 1.807) is 0 Å². The molecule has 1 aliphatic carbocycles. The molecule has 0 unspecified atom stereocenters. The van der Waals surface area contributed by atoms with Crippen molar-refractivity contribution >= 4 is 13.6 Å². The van der Waals surface area contributed by atoms with Crippen molar-refractivity contribution in [1.29, 1.82) is 0 Å². The molecule has 0 aromatic heterocycles. The quantitative estimate of drug-likeness (QED) is 0.284. The summed E-state index contributed by atoms with van der Waals surface area (Å²) in [5.74, 6) is 0. The van der Waals surface area contributed by atoms with E-state index in [0.717, 1.165) is 6.42 Å². The zero-order chi connectivity index (χ0) is 8.41. The Labute approximate surface area is 115 Å². The zero-order valence-corrected chi connectivity index (χ0v) is 11.3. The minimum absolute atomic E-state index is 0. The maximum Gasteiger partial charge on any atom is -1.00 e. The molecule has 0 aromatic rings. The van der Waals surface area contributed by atoms with Crippen LogP contribution in [0.1, 0.15) is 6.42 Å². The van der Waals surface area contributed by atoms with Crippen molar-refractivity contribution in [2.75, 3.05) is 0 Å². The van der Waals surface area contributed by atoms with Crippen molar-refractivity contribution < 1.29 is 73.6 Å². The van der Waals surface area contributed by atoms with Gasteiger partial charge in [0, 0.05) is 0 Å². The van der Waals surface area contributed by atoms with Crippen LogP contribution >= 0.6 is 0 Å². The third-order valence-corrected chi connectivity index (χ3v) is 1.13. The first-order chi connectivity index (χ1) is 4.89. The van der Waals surface area contributed by atoms with Gasteiger partial charge in [-0.05, 0) is 0 Å². The van der Waals surface area contributed by atoms with Crippen LogP contribution in [0.15, 0.2) is 22.7 Å². The molecule has 0 spiro atoms. The van der Waals surface area contributed by atoms with Gasteiger partial charge in [0.25, 0.3) is 13.6 Å². The topological polar surface area (TPSA) is 34.1 Å². The van der Waals surface area contributed by atoms with Gasteiger partial charge in [-0.2, -0.15) is 0 Å². The van der Waals surface area contributed by atoms with Crippen molar-refractivity contribution in [3.63, 3.8) is 0 Å². The Morgan fingerprint density at radius 2 is 1.58 bits per heavy atom. The predicted molar refractivity (Wildman–Crippen MR) is 33.2 cm³/mol. The molecule has 0 amide bonds. The number of carbonyl (C=O) groups excluding carboxylic acids is 2. The van der Waals surface area contributed by atoms with Crippen molar-refractivity contribution in [2.45, 2.75) is 6.42 Å². The SMILES string of the molecule is [C]=O.[C]=O.[Fe+2][C]1=CC=CC1.[I-].[I-]. The maximum absolute atomic E-state index is 7.50. The molecule has 5 heteroatoms. The van der Waals surface area contributed by atoms with Crippen LogP contribution in [0.25, 0.3) is 0 Å². The molecule has 1 rings (SSSR count). The van der Waals surface area contributed by atoms with Crippen LogP contribution in [0.3, 0.4) is 0 Å². The van der Waals surface area contributed by atoms with Gasteiger partial charge < -0.3 is 48.0 Å². The summed E-state index contributed by atoms with van der Waals surface area (Å²) >= 11 is 3.74. The molecule has 4 radical (unpaired) electrons. The molecule has 2 nitrogen and oxygen atoms in total. The number of hydrogen-bond donors (Lipinski definition) is 0. The van der Waals surface area contributed by atoms with E-state index in [2.05, 4.69) is 35.7 Å². The van der Waals surface area contributed by atoms with Gasteiger partial charge in [0.2, 0.25) is 0 Å². The molecule has 0 saturated carbocycles. The molecule has 12 heavy (non-hydrogen) atoms. The average Bonchev–Trinajstić information content (AvgIpc) is 2.48. The first kappa shape index (κ1) is 23.0. The summed E-state index contributed by atoms with van der Waals surface area (Å²) in [5, 5.41) is 0. The van der Waals surface area contributed by atoms with E-state index in [4.69, 9.17) is 9.59 Å². The van der Waals surface area contributed by atoms with Crippen LogP contribution in [0, 0.1) is 0 Å². The van der Waals surface area contributed by atoms with Gasteiger partial charge >= 0.3 is 45.1 Å². The van der Waals surface area contributed by atoms with Crippen molar-refractivity contribution in [3.8, 4) is 0 Å². The Kier molecular flexibility index (Phi) is 43.4. The molecule has 0 saturated heterocycles. The van der Waals surface area contributed by atoms with E-state index in [9.17, 15) is 0 Å². The van der Waals surface area contributed by atoms with Crippen LogP contribution in [0.5, 0.6) is 0 Å². The molecule has 0 aliphatic heterocycles. The van der Waals surface area contributed by atoms with Crippen molar-refractivity contribution in [1.82, 2.24) is 0 Å². The predicted octanol–water partition coefficient (Wildman–Crippen LogP) is -5.41. The van der Waals surface area contributed by atoms with E-state index in [1.165, 1.54) is 4.47 Å². The van der Waals surface area contributed by atoms with Gasteiger partial charge in [-0.25, -0.2) is 0 Å². The summed E-state index contributed by atoms with van der Waals surface area (Å²) in [5.41, 5.74) is 0. The minimum Gasteiger partial charge on any atom is -1.00 e. The summed E-state index contributed by atoms with van der Waals surface area (Å²) in [4.78, 5) is 15.0. The summed E-state index contributed by atoms with van der Waals surface area (Å²) < 4.78 is 1.22. The Morgan fingerprint density at radius 1 is 1.17 bits per heavy atom. The third kappa shape index (κ3) is 17.0. The zero-order valence-electron chi connectivity index (χ0n) is 5.87. The van der Waals surface area contributed by atoms with Gasteiger partial charge in [0.15, 0.2) is 0 Å². The minimum atomic E-state index is 0. The molecule has 0 bridgehead atoms. The Bertz CT molecular complexity index is 135. The van der Waals surface area contributed by atoms with Crippen molar-refractivity contribution in [3.05, 3.63) is 22.7 Å². The van der Waals surface area contributed by atoms with Crippen LogP contribution in [0.2, 0.25) is 0 Å². The van der Waals surface area contributed by atoms with Crippen LogP contribution in [0.4, 0.5) is 0 Å². The first-order valence-corrected chi connectivity index (χ1v) is 2.85. The van der Waals surface area contributed by atoms with Crippen LogP contribution in [-0.4, -0.2) is 13.6 Å². The first-order valence-electron chi connectivity index (χ1n) is 2.30. The van der Waals surface area contributed by atoms with E-state index in [0.29, 0.717) is 0 Å². The van der Waals surface area contributed by atoms with E-state index < -0.39 is 0 Å². The van der Waals surface area contributed by atoms with Crippen molar-refractivity contribution in [2.24, 2.45) is 0 Å². The number of allylic oxidation sites excluding steroid dienone is 4. The second-order valence-corrected chi connectivity index (χ2v) is 1.94. The standard InChI is InChI=1S/C5H5.2CO.Fe.2HI/c1-2-4-5-3-1;2*1-2;;;/h1-3H,4H2;;;;2*1H/q;;;+2;;/p-2. The fourth-order valence-corrected chi connectivity index (χ4v) is 0.652. The molecule has 0 aromatic carbocycles. The molecule has 0 atom stereocenters. The van der Waals surface area contributed by atoms with Gasteiger partial charge in [0.05, 0.1) is 0 Å². The summed E-state index contributed by atoms with van der Waals surface area (Å²) in [6, 6.07) is 0. The van der Waals surface area contributed by atoms with Gasteiger partial charge in [-0.1, -0.05) is 0 Å². The fraction of sp³-hybridized carbons (Fsp3) is 0.143. The van der Waals surface area contributed by atoms with Crippen LogP contribution < -0.4 is 48.0 Å². The average molecular weight is 431 g/mol. The Hall–Kier alpha value is 0.799. The molecular formula is C7H5FeI2O2. The normalized spacial score (nSPS) is 9.83. The van der Waals surface area contributed by atoms with Gasteiger partial charge in [-0.15, -0.1) is 0 Å². The number of rotatable bonds is 0. The largest absolute Gasteiger partial charge is 1.00 e. The molecule has 0 fully saturated rings. The summed E-state index contributed by atoms with van der Waals surface area (Å²) in [6.07, 6.45) is 7.21. The number of hydrogen-bond acceptors (Lipinski definition) is 2. The third-order valence-electron chi connectivity index (χ3n) is 0.717. The Balaban J connectivity index is -0.0000000480. The molecule has 0 N–H and O–H groups in total.